The van der Waals surface area contributed by atoms with Crippen LogP contribution in [0.3, 0.4) is 0 Å². The molecule has 0 bridgehead atoms. The average molecular weight is 281 g/mol. The summed E-state index contributed by atoms with van der Waals surface area (Å²) in [7, 11) is 0. The first-order valence-electron chi connectivity index (χ1n) is 3.58. The minimum atomic E-state index is -0.776. The molecule has 1 unspecified atom stereocenters. The van der Waals surface area contributed by atoms with Gasteiger partial charge in [-0.15, -0.1) is 0 Å². The van der Waals surface area contributed by atoms with E-state index in [1.807, 2.05) is 6.92 Å². The highest BCUT2D eigenvalue weighted by Gasteiger charge is 2.22. The summed E-state index contributed by atoms with van der Waals surface area (Å²) in [6, 6.07) is 0. The quantitative estimate of drug-likeness (QED) is 0.475. The summed E-state index contributed by atoms with van der Waals surface area (Å²) < 4.78 is 5.57. The molecule has 0 spiro atoms. The van der Waals surface area contributed by atoms with Crippen LogP contribution in [0.15, 0.2) is 0 Å². The van der Waals surface area contributed by atoms with E-state index in [0.717, 1.165) is 4.43 Å². The van der Waals surface area contributed by atoms with Gasteiger partial charge in [0.2, 0.25) is 0 Å². The van der Waals surface area contributed by atoms with Crippen LogP contribution in [0, 0.1) is 11.8 Å². The molecule has 0 heterocycles. The van der Waals surface area contributed by atoms with E-state index in [-0.39, 0.29) is 0 Å². The van der Waals surface area contributed by atoms with Crippen molar-refractivity contribution in [1.82, 2.24) is 0 Å². The van der Waals surface area contributed by atoms with Gasteiger partial charge in [0.25, 0.3) is 0 Å². The molecular weight excluding hydrogens is 269 g/mol. The zero-order valence-electron chi connectivity index (χ0n) is 7.19. The standard InChI is InChI=1S/C8H12INO2/c1-3-8(2,5-4-6-9)12-7(10)11/h3,6H2,1-2H3,(H2,10,11). The van der Waals surface area contributed by atoms with E-state index < -0.39 is 11.7 Å². The van der Waals surface area contributed by atoms with Gasteiger partial charge in [-0.2, -0.15) is 0 Å². The summed E-state index contributed by atoms with van der Waals surface area (Å²) in [5.41, 5.74) is 4.17. The van der Waals surface area contributed by atoms with Gasteiger partial charge in [0, 0.05) is 0 Å². The van der Waals surface area contributed by atoms with Crippen molar-refractivity contribution < 1.29 is 9.53 Å². The number of hydrogen-bond acceptors (Lipinski definition) is 2. The monoisotopic (exact) mass is 281 g/mol. The summed E-state index contributed by atoms with van der Waals surface area (Å²) in [5, 5.41) is 0. The molecular formula is C8H12INO2. The highest BCUT2D eigenvalue weighted by atomic mass is 127. The number of ether oxygens (including phenoxy) is 1. The van der Waals surface area contributed by atoms with Gasteiger partial charge in [0.15, 0.2) is 5.60 Å². The van der Waals surface area contributed by atoms with Crippen molar-refractivity contribution in [1.29, 1.82) is 0 Å². The van der Waals surface area contributed by atoms with E-state index in [0.29, 0.717) is 6.42 Å². The van der Waals surface area contributed by atoms with Crippen molar-refractivity contribution in [3.8, 4) is 11.8 Å². The van der Waals surface area contributed by atoms with Gasteiger partial charge in [-0.25, -0.2) is 4.79 Å². The van der Waals surface area contributed by atoms with E-state index >= 15 is 0 Å². The SMILES string of the molecule is CCC(C)(C#CCI)OC(N)=O. The highest BCUT2D eigenvalue weighted by Crippen LogP contribution is 2.13. The zero-order chi connectivity index (χ0) is 9.61. The number of alkyl halides is 1. The Balaban J connectivity index is 4.33. The van der Waals surface area contributed by atoms with Crippen molar-refractivity contribution in [2.45, 2.75) is 25.9 Å². The molecule has 3 nitrogen and oxygen atoms in total. The van der Waals surface area contributed by atoms with Gasteiger partial charge in [0.05, 0.1) is 4.43 Å². The Morgan fingerprint density at radius 1 is 1.75 bits per heavy atom. The molecule has 0 fully saturated rings. The summed E-state index contributed by atoms with van der Waals surface area (Å²) >= 11 is 2.13. The maximum Gasteiger partial charge on any atom is 0.406 e. The Bertz CT molecular complexity index is 219. The Morgan fingerprint density at radius 3 is 2.67 bits per heavy atom. The smallest absolute Gasteiger partial charge is 0.406 e. The molecule has 2 N–H and O–H groups in total. The van der Waals surface area contributed by atoms with Crippen LogP contribution < -0.4 is 5.73 Å². The van der Waals surface area contributed by atoms with Crippen molar-refractivity contribution in [2.24, 2.45) is 5.73 Å². The lowest BCUT2D eigenvalue weighted by Crippen LogP contribution is -2.32. The van der Waals surface area contributed by atoms with Crippen LogP contribution in [0.25, 0.3) is 0 Å². The molecule has 0 saturated carbocycles. The minimum Gasteiger partial charge on any atom is -0.430 e. The molecule has 0 aliphatic carbocycles. The topological polar surface area (TPSA) is 52.3 Å². The number of halogens is 1. The zero-order valence-corrected chi connectivity index (χ0v) is 9.34. The number of amides is 1. The van der Waals surface area contributed by atoms with Crippen LogP contribution in [-0.4, -0.2) is 16.1 Å². The van der Waals surface area contributed by atoms with Crippen molar-refractivity contribution in [3.05, 3.63) is 0 Å². The fourth-order valence-electron chi connectivity index (χ4n) is 0.628. The molecule has 0 aromatic heterocycles. The van der Waals surface area contributed by atoms with E-state index in [1.54, 1.807) is 6.92 Å². The average Bonchev–Trinajstić information content (AvgIpc) is 2.00. The fraction of sp³-hybridized carbons (Fsp3) is 0.625. The number of hydrogen-bond donors (Lipinski definition) is 1. The van der Waals surface area contributed by atoms with Crippen molar-refractivity contribution >= 4 is 28.7 Å². The Hall–Kier alpha value is -0.440. The van der Waals surface area contributed by atoms with Crippen LogP contribution in [0.4, 0.5) is 4.79 Å². The molecule has 0 aromatic rings. The van der Waals surface area contributed by atoms with E-state index in [9.17, 15) is 4.79 Å². The second-order valence-corrected chi connectivity index (χ2v) is 3.20. The molecule has 0 rings (SSSR count). The molecule has 4 heteroatoms. The number of nitrogens with two attached hydrogens (primary N) is 1. The molecule has 1 atom stereocenters. The molecule has 1 amide bonds. The Morgan fingerprint density at radius 2 is 2.33 bits per heavy atom. The molecule has 12 heavy (non-hydrogen) atoms. The van der Waals surface area contributed by atoms with Gasteiger partial charge >= 0.3 is 6.09 Å². The summed E-state index contributed by atoms with van der Waals surface area (Å²) in [6.07, 6.45) is -0.137. The van der Waals surface area contributed by atoms with Gasteiger partial charge in [-0.05, 0) is 13.3 Å². The lowest BCUT2D eigenvalue weighted by molar-refractivity contribution is 0.0712. The molecule has 0 aromatic carbocycles. The van der Waals surface area contributed by atoms with Gasteiger partial charge in [-0.3, -0.25) is 0 Å². The minimum absolute atomic E-state index is 0.638. The van der Waals surface area contributed by atoms with Crippen LogP contribution in [0.5, 0.6) is 0 Å². The predicted octanol–water partition coefficient (Wildman–Crippen LogP) is 1.69. The van der Waals surface area contributed by atoms with E-state index in [4.69, 9.17) is 10.5 Å². The van der Waals surface area contributed by atoms with Gasteiger partial charge in [-0.1, -0.05) is 41.4 Å². The normalized spacial score (nSPS) is 13.9. The van der Waals surface area contributed by atoms with Crippen LogP contribution in [0.1, 0.15) is 20.3 Å². The third kappa shape index (κ3) is 4.44. The third-order valence-electron chi connectivity index (χ3n) is 1.42. The first-order valence-corrected chi connectivity index (χ1v) is 5.11. The van der Waals surface area contributed by atoms with Gasteiger partial charge < -0.3 is 10.5 Å². The number of primary amides is 1. The number of rotatable bonds is 2. The molecule has 0 saturated heterocycles. The van der Waals surface area contributed by atoms with Crippen molar-refractivity contribution in [2.75, 3.05) is 4.43 Å². The van der Waals surface area contributed by atoms with Crippen LogP contribution in [0.2, 0.25) is 0 Å². The lowest BCUT2D eigenvalue weighted by Gasteiger charge is -2.20. The highest BCUT2D eigenvalue weighted by molar-refractivity contribution is 14.1. The van der Waals surface area contributed by atoms with Gasteiger partial charge in [0.1, 0.15) is 0 Å². The summed E-state index contributed by atoms with van der Waals surface area (Å²) in [4.78, 5) is 10.5. The first kappa shape index (κ1) is 11.6. The second-order valence-electron chi connectivity index (χ2n) is 2.44. The largest absolute Gasteiger partial charge is 0.430 e. The molecule has 0 radical (unpaired) electrons. The number of carbonyl (C=O) groups is 1. The van der Waals surface area contributed by atoms with E-state index in [2.05, 4.69) is 34.4 Å². The first-order chi connectivity index (χ1) is 5.54. The Labute approximate surface area is 86.2 Å². The van der Waals surface area contributed by atoms with E-state index in [1.165, 1.54) is 0 Å². The fourth-order valence-corrected chi connectivity index (χ4v) is 0.819. The number of carbonyl (C=O) groups excluding carboxylic acids is 1. The maximum atomic E-state index is 10.5. The summed E-state index contributed by atoms with van der Waals surface area (Å²) in [5.74, 6) is 5.70. The summed E-state index contributed by atoms with van der Waals surface area (Å²) in [6.45, 7) is 3.64. The lowest BCUT2D eigenvalue weighted by atomic mass is 10.0. The predicted molar refractivity (Wildman–Crippen MR) is 56.0 cm³/mol. The van der Waals surface area contributed by atoms with Crippen LogP contribution >= 0.6 is 22.6 Å². The third-order valence-corrected chi connectivity index (χ3v) is 1.80. The molecule has 0 aliphatic heterocycles. The molecule has 0 aliphatic rings. The van der Waals surface area contributed by atoms with Crippen LogP contribution in [-0.2, 0) is 4.74 Å². The Kier molecular flexibility index (Phi) is 5.06. The molecule has 68 valence electrons. The second kappa shape index (κ2) is 5.25. The maximum absolute atomic E-state index is 10.5. The van der Waals surface area contributed by atoms with Crippen molar-refractivity contribution in [3.63, 3.8) is 0 Å².